The number of fused-ring (bicyclic) bond motifs is 1. The van der Waals surface area contributed by atoms with Crippen LogP contribution in [0, 0.1) is 6.92 Å². The molecule has 30 heavy (non-hydrogen) atoms. The summed E-state index contributed by atoms with van der Waals surface area (Å²) in [6.45, 7) is 2.92. The zero-order valence-corrected chi connectivity index (χ0v) is 17.5. The summed E-state index contributed by atoms with van der Waals surface area (Å²) in [7, 11) is 1.66. The number of aromatic nitrogens is 3. The van der Waals surface area contributed by atoms with Crippen LogP contribution in [-0.4, -0.2) is 34.7 Å². The third kappa shape index (κ3) is 4.25. The molecule has 0 atom stereocenters. The zero-order valence-electron chi connectivity index (χ0n) is 16.6. The SMILES string of the molecule is COc1cccc(CCNc2ncnc3sc(C(=O)NCc4ccon4)c(C)c23)c1. The van der Waals surface area contributed by atoms with Crippen LogP contribution in [0.15, 0.2) is 47.4 Å². The Kier molecular flexibility index (Phi) is 5.89. The second-order valence-electron chi connectivity index (χ2n) is 6.66. The van der Waals surface area contributed by atoms with E-state index in [4.69, 9.17) is 9.26 Å². The van der Waals surface area contributed by atoms with Crippen LogP contribution in [0.4, 0.5) is 5.82 Å². The van der Waals surface area contributed by atoms with E-state index in [1.807, 2.05) is 25.1 Å². The van der Waals surface area contributed by atoms with Gasteiger partial charge in [0.1, 0.15) is 34.7 Å². The highest BCUT2D eigenvalue weighted by Crippen LogP contribution is 2.33. The fourth-order valence-corrected chi connectivity index (χ4v) is 4.22. The lowest BCUT2D eigenvalue weighted by Gasteiger charge is -2.08. The molecule has 1 aromatic carbocycles. The van der Waals surface area contributed by atoms with Crippen LogP contribution in [0.3, 0.4) is 0 Å². The molecule has 1 amide bonds. The number of hydrogen-bond donors (Lipinski definition) is 2. The van der Waals surface area contributed by atoms with E-state index < -0.39 is 0 Å². The number of carbonyl (C=O) groups excluding carboxylic acids is 1. The van der Waals surface area contributed by atoms with Crippen LogP contribution in [0.2, 0.25) is 0 Å². The van der Waals surface area contributed by atoms with Gasteiger partial charge >= 0.3 is 0 Å². The minimum Gasteiger partial charge on any atom is -0.497 e. The van der Waals surface area contributed by atoms with E-state index in [0.29, 0.717) is 23.7 Å². The summed E-state index contributed by atoms with van der Waals surface area (Å²) in [6, 6.07) is 9.70. The van der Waals surface area contributed by atoms with Crippen LogP contribution in [-0.2, 0) is 13.0 Å². The predicted molar refractivity (Wildman–Crippen MR) is 115 cm³/mol. The summed E-state index contributed by atoms with van der Waals surface area (Å²) in [5, 5.41) is 10.9. The maximum atomic E-state index is 12.7. The van der Waals surface area contributed by atoms with Gasteiger partial charge in [-0.2, -0.15) is 0 Å². The van der Waals surface area contributed by atoms with E-state index in [0.717, 1.165) is 33.8 Å². The highest BCUT2D eigenvalue weighted by atomic mass is 32.1. The summed E-state index contributed by atoms with van der Waals surface area (Å²) in [5.41, 5.74) is 2.70. The number of thiophene rings is 1. The molecule has 0 saturated heterocycles. The molecule has 4 rings (SSSR count). The van der Waals surface area contributed by atoms with Crippen molar-refractivity contribution in [2.45, 2.75) is 19.9 Å². The van der Waals surface area contributed by atoms with E-state index in [-0.39, 0.29) is 5.91 Å². The molecule has 3 aromatic heterocycles. The Morgan fingerprint density at radius 2 is 2.17 bits per heavy atom. The molecule has 3 heterocycles. The van der Waals surface area contributed by atoms with E-state index in [9.17, 15) is 4.79 Å². The van der Waals surface area contributed by atoms with Crippen molar-refractivity contribution in [1.82, 2.24) is 20.4 Å². The topological polar surface area (TPSA) is 102 Å². The minimum atomic E-state index is -0.166. The van der Waals surface area contributed by atoms with Crippen molar-refractivity contribution in [2.75, 3.05) is 19.0 Å². The Balaban J connectivity index is 1.48. The van der Waals surface area contributed by atoms with Crippen LogP contribution in [0.25, 0.3) is 10.2 Å². The number of benzene rings is 1. The van der Waals surface area contributed by atoms with Gasteiger partial charge in [-0.1, -0.05) is 17.3 Å². The maximum Gasteiger partial charge on any atom is 0.262 e. The number of carbonyl (C=O) groups is 1. The lowest BCUT2D eigenvalue weighted by molar-refractivity contribution is 0.0953. The molecule has 9 heteroatoms. The summed E-state index contributed by atoms with van der Waals surface area (Å²) < 4.78 is 10.1. The summed E-state index contributed by atoms with van der Waals surface area (Å²) in [6.07, 6.45) is 3.81. The quantitative estimate of drug-likeness (QED) is 0.446. The first-order chi connectivity index (χ1) is 14.7. The maximum absolute atomic E-state index is 12.7. The van der Waals surface area contributed by atoms with Crippen molar-refractivity contribution in [2.24, 2.45) is 0 Å². The van der Waals surface area contributed by atoms with Crippen LogP contribution >= 0.6 is 11.3 Å². The van der Waals surface area contributed by atoms with Crippen molar-refractivity contribution >= 4 is 33.3 Å². The van der Waals surface area contributed by atoms with Gasteiger partial charge in [-0.05, 0) is 36.6 Å². The second kappa shape index (κ2) is 8.91. The number of aryl methyl sites for hydroxylation is 1. The molecule has 154 valence electrons. The Hall–Kier alpha value is -3.46. The van der Waals surface area contributed by atoms with Gasteiger partial charge in [-0.15, -0.1) is 11.3 Å². The molecular weight excluding hydrogens is 402 g/mol. The Morgan fingerprint density at radius 3 is 2.97 bits per heavy atom. The summed E-state index contributed by atoms with van der Waals surface area (Å²) >= 11 is 1.35. The molecule has 4 aromatic rings. The average Bonchev–Trinajstić information content (AvgIpc) is 3.41. The van der Waals surface area contributed by atoms with Crippen LogP contribution in [0.5, 0.6) is 5.75 Å². The Morgan fingerprint density at radius 1 is 1.27 bits per heavy atom. The third-order valence-corrected chi connectivity index (χ3v) is 5.89. The fraction of sp³-hybridized carbons (Fsp3) is 0.238. The number of ether oxygens (including phenoxy) is 1. The molecule has 0 aliphatic carbocycles. The molecule has 8 nitrogen and oxygen atoms in total. The lowest BCUT2D eigenvalue weighted by Crippen LogP contribution is -2.22. The van der Waals surface area contributed by atoms with Gasteiger partial charge in [0.05, 0.1) is 23.9 Å². The van der Waals surface area contributed by atoms with Gasteiger partial charge in [0.15, 0.2) is 0 Å². The minimum absolute atomic E-state index is 0.166. The Labute approximate surface area is 177 Å². The largest absolute Gasteiger partial charge is 0.497 e. The van der Waals surface area contributed by atoms with E-state index in [2.05, 4.69) is 31.8 Å². The number of methoxy groups -OCH3 is 1. The number of amides is 1. The highest BCUT2D eigenvalue weighted by molar-refractivity contribution is 7.20. The normalized spacial score (nSPS) is 10.9. The van der Waals surface area contributed by atoms with Crippen molar-refractivity contribution in [3.8, 4) is 5.75 Å². The van der Waals surface area contributed by atoms with Gasteiger partial charge in [0.2, 0.25) is 0 Å². The lowest BCUT2D eigenvalue weighted by atomic mass is 10.1. The van der Waals surface area contributed by atoms with Crippen molar-refractivity contribution in [1.29, 1.82) is 0 Å². The van der Waals surface area contributed by atoms with Crippen LogP contribution < -0.4 is 15.4 Å². The molecule has 0 aliphatic heterocycles. The van der Waals surface area contributed by atoms with Crippen LogP contribution in [0.1, 0.15) is 26.5 Å². The number of hydrogen-bond acceptors (Lipinski definition) is 8. The molecule has 0 unspecified atom stereocenters. The van der Waals surface area contributed by atoms with Gasteiger partial charge in [0.25, 0.3) is 5.91 Å². The Bertz CT molecular complexity index is 1160. The van der Waals surface area contributed by atoms with Gasteiger partial charge in [0, 0.05) is 12.6 Å². The monoisotopic (exact) mass is 423 g/mol. The molecule has 0 spiro atoms. The molecule has 0 radical (unpaired) electrons. The standard InChI is InChI=1S/C21H21N5O3S/c1-13-17-19(22-8-6-14-4-3-5-16(10-14)28-2)24-12-25-21(17)30-18(13)20(27)23-11-15-7-9-29-26-15/h3-5,7,9-10,12H,6,8,11H2,1-2H3,(H,23,27)(H,22,24,25). The number of anilines is 1. The summed E-state index contributed by atoms with van der Waals surface area (Å²) in [4.78, 5) is 22.8. The van der Waals surface area contributed by atoms with Crippen molar-refractivity contribution in [3.05, 3.63) is 64.6 Å². The smallest absolute Gasteiger partial charge is 0.262 e. The highest BCUT2D eigenvalue weighted by Gasteiger charge is 2.19. The van der Waals surface area contributed by atoms with E-state index >= 15 is 0 Å². The molecule has 0 bridgehead atoms. The first-order valence-electron chi connectivity index (χ1n) is 9.44. The van der Waals surface area contributed by atoms with Crippen molar-refractivity contribution in [3.63, 3.8) is 0 Å². The third-order valence-electron chi connectivity index (χ3n) is 4.69. The molecule has 0 saturated carbocycles. The van der Waals surface area contributed by atoms with E-state index in [1.54, 1.807) is 13.2 Å². The average molecular weight is 423 g/mol. The first kappa shape index (κ1) is 19.8. The summed E-state index contributed by atoms with van der Waals surface area (Å²) in [5.74, 6) is 1.40. The zero-order chi connectivity index (χ0) is 20.9. The predicted octanol–water partition coefficient (Wildman–Crippen LogP) is 3.58. The van der Waals surface area contributed by atoms with Crippen molar-refractivity contribution < 1.29 is 14.1 Å². The fourth-order valence-electron chi connectivity index (χ4n) is 3.16. The molecular formula is C21H21N5O3S. The van der Waals surface area contributed by atoms with Gasteiger partial charge < -0.3 is 19.9 Å². The molecule has 2 N–H and O–H groups in total. The van der Waals surface area contributed by atoms with E-state index in [1.165, 1.54) is 29.5 Å². The molecule has 0 aliphatic rings. The first-order valence-corrected chi connectivity index (χ1v) is 10.3. The van der Waals surface area contributed by atoms with Gasteiger partial charge in [-0.3, -0.25) is 4.79 Å². The number of nitrogens with one attached hydrogen (secondary N) is 2. The molecule has 0 fully saturated rings. The number of nitrogens with zero attached hydrogens (tertiary/aromatic N) is 3. The number of rotatable bonds is 8. The van der Waals surface area contributed by atoms with Gasteiger partial charge in [-0.25, -0.2) is 9.97 Å². The second-order valence-corrected chi connectivity index (χ2v) is 7.66.